The highest BCUT2D eigenvalue weighted by Gasteiger charge is 2.22. The van der Waals surface area contributed by atoms with Gasteiger partial charge in [-0.2, -0.15) is 0 Å². The summed E-state index contributed by atoms with van der Waals surface area (Å²) in [6, 6.07) is 17.8. The van der Waals surface area contributed by atoms with Crippen LogP contribution in [0, 0.1) is 0 Å². The maximum atomic E-state index is 12.6. The van der Waals surface area contributed by atoms with Gasteiger partial charge in [0.2, 0.25) is 11.8 Å². The number of thiazole rings is 1. The lowest BCUT2D eigenvalue weighted by atomic mass is 10.1. The average Bonchev–Trinajstić information content (AvgIpc) is 3.44. The molecular formula is C24H21N3O2S2. The number of carbonyl (C=O) groups excluding carboxylic acids is 2. The van der Waals surface area contributed by atoms with E-state index in [1.165, 1.54) is 10.4 Å². The van der Waals surface area contributed by atoms with Crippen molar-refractivity contribution in [2.24, 2.45) is 0 Å². The number of hydrogen-bond acceptors (Lipinski definition) is 5. The van der Waals surface area contributed by atoms with Gasteiger partial charge in [-0.1, -0.05) is 24.3 Å². The third kappa shape index (κ3) is 4.24. The van der Waals surface area contributed by atoms with E-state index in [4.69, 9.17) is 4.98 Å². The Morgan fingerprint density at radius 1 is 1.03 bits per heavy atom. The highest BCUT2D eigenvalue weighted by Crippen LogP contribution is 2.34. The van der Waals surface area contributed by atoms with Gasteiger partial charge in [-0.25, -0.2) is 4.98 Å². The van der Waals surface area contributed by atoms with Crippen LogP contribution < -0.4 is 5.32 Å². The fourth-order valence-electron chi connectivity index (χ4n) is 3.82. The Labute approximate surface area is 188 Å². The molecule has 0 spiro atoms. The molecule has 0 radical (unpaired) electrons. The summed E-state index contributed by atoms with van der Waals surface area (Å²) in [5, 5.41) is 5.93. The third-order valence-electron chi connectivity index (χ3n) is 5.45. The van der Waals surface area contributed by atoms with Crippen molar-refractivity contribution in [1.29, 1.82) is 0 Å². The van der Waals surface area contributed by atoms with Crippen LogP contribution in [0.15, 0.2) is 60.0 Å². The molecule has 0 unspecified atom stereocenters. The molecule has 0 bridgehead atoms. The number of thiophene rings is 1. The van der Waals surface area contributed by atoms with Gasteiger partial charge in [0.05, 0.1) is 15.9 Å². The molecule has 2 aromatic carbocycles. The molecule has 156 valence electrons. The van der Waals surface area contributed by atoms with Crippen molar-refractivity contribution in [2.45, 2.75) is 25.8 Å². The summed E-state index contributed by atoms with van der Waals surface area (Å²) in [7, 11) is 0. The van der Waals surface area contributed by atoms with E-state index in [-0.39, 0.29) is 24.7 Å². The molecular weight excluding hydrogens is 426 g/mol. The second-order valence-corrected chi connectivity index (χ2v) is 9.55. The van der Waals surface area contributed by atoms with Crippen molar-refractivity contribution in [3.63, 3.8) is 0 Å². The fraction of sp³-hybridized carbons (Fsp3) is 0.208. The smallest absolute Gasteiger partial charge is 0.224 e. The van der Waals surface area contributed by atoms with Crippen molar-refractivity contribution in [2.75, 3.05) is 11.9 Å². The second kappa shape index (κ2) is 8.61. The number of nitrogens with one attached hydrogen (secondary N) is 1. The van der Waals surface area contributed by atoms with Crippen LogP contribution in [0.4, 0.5) is 5.69 Å². The normalized spacial score (nSPS) is 13.2. The van der Waals surface area contributed by atoms with Gasteiger partial charge in [0, 0.05) is 36.4 Å². The van der Waals surface area contributed by atoms with E-state index in [2.05, 4.69) is 16.8 Å². The van der Waals surface area contributed by atoms with Gasteiger partial charge >= 0.3 is 0 Å². The minimum atomic E-state index is -0.157. The number of fused-ring (bicyclic) bond motifs is 2. The number of benzene rings is 2. The van der Waals surface area contributed by atoms with Crippen molar-refractivity contribution in [1.82, 2.24) is 9.88 Å². The largest absolute Gasteiger partial charge is 0.338 e. The van der Waals surface area contributed by atoms with E-state index < -0.39 is 0 Å². The van der Waals surface area contributed by atoms with Crippen molar-refractivity contribution < 1.29 is 9.59 Å². The zero-order valence-electron chi connectivity index (χ0n) is 16.8. The Bertz CT molecular complexity index is 1230. The molecule has 31 heavy (non-hydrogen) atoms. The molecule has 2 aromatic heterocycles. The van der Waals surface area contributed by atoms with Gasteiger partial charge < -0.3 is 10.2 Å². The summed E-state index contributed by atoms with van der Waals surface area (Å²) in [5.74, 6) is -0.124. The molecule has 0 saturated heterocycles. The highest BCUT2D eigenvalue weighted by atomic mass is 32.1. The third-order valence-corrected chi connectivity index (χ3v) is 7.54. The topological polar surface area (TPSA) is 62.3 Å². The first-order valence-corrected chi connectivity index (χ1v) is 11.9. The molecule has 1 aliphatic heterocycles. The maximum Gasteiger partial charge on any atom is 0.224 e. The number of nitrogens with zero attached hydrogens (tertiary/aromatic N) is 2. The van der Waals surface area contributed by atoms with Crippen LogP contribution in [0.25, 0.3) is 20.8 Å². The van der Waals surface area contributed by atoms with E-state index in [1.54, 1.807) is 22.7 Å². The van der Waals surface area contributed by atoms with E-state index >= 15 is 0 Å². The van der Waals surface area contributed by atoms with Crippen LogP contribution >= 0.6 is 22.7 Å². The maximum absolute atomic E-state index is 12.6. The van der Waals surface area contributed by atoms with Crippen molar-refractivity contribution >= 4 is 50.4 Å². The van der Waals surface area contributed by atoms with E-state index in [9.17, 15) is 9.59 Å². The zero-order valence-corrected chi connectivity index (χ0v) is 18.5. The Hall–Kier alpha value is -3.03. The first kappa shape index (κ1) is 19.9. The Morgan fingerprint density at radius 2 is 1.87 bits per heavy atom. The van der Waals surface area contributed by atoms with Crippen LogP contribution in [-0.2, 0) is 22.6 Å². The molecule has 0 atom stereocenters. The minimum absolute atomic E-state index is 0.0338. The molecule has 7 heteroatoms. The summed E-state index contributed by atoms with van der Waals surface area (Å²) in [4.78, 5) is 33.2. The molecule has 1 aliphatic rings. The van der Waals surface area contributed by atoms with Gasteiger partial charge in [0.25, 0.3) is 0 Å². The van der Waals surface area contributed by atoms with Gasteiger partial charge in [-0.15, -0.1) is 22.7 Å². The molecule has 2 amide bonds. The first-order chi connectivity index (χ1) is 15.2. The predicted octanol–water partition coefficient (Wildman–Crippen LogP) is 5.33. The number of carbonyl (C=O) groups is 2. The number of hydrogen-bond donors (Lipinski definition) is 1. The quantitative estimate of drug-likeness (QED) is 0.450. The van der Waals surface area contributed by atoms with E-state index in [0.29, 0.717) is 6.54 Å². The summed E-state index contributed by atoms with van der Waals surface area (Å²) in [5.41, 5.74) is 3.80. The fourth-order valence-corrected chi connectivity index (χ4v) is 5.71. The summed E-state index contributed by atoms with van der Waals surface area (Å²) >= 11 is 3.35. The number of para-hydroxylation sites is 2. The summed E-state index contributed by atoms with van der Waals surface area (Å²) < 4.78 is 1.11. The highest BCUT2D eigenvalue weighted by molar-refractivity contribution is 7.21. The lowest BCUT2D eigenvalue weighted by Crippen LogP contribution is -2.35. The van der Waals surface area contributed by atoms with Gasteiger partial charge in [0.15, 0.2) is 0 Å². The first-order valence-electron chi connectivity index (χ1n) is 10.3. The lowest BCUT2D eigenvalue weighted by Gasteiger charge is -2.27. The molecule has 4 aromatic rings. The Kier molecular flexibility index (Phi) is 5.53. The lowest BCUT2D eigenvalue weighted by molar-refractivity contribution is -0.133. The summed E-state index contributed by atoms with van der Waals surface area (Å²) in [6.07, 6.45) is 1.29. The van der Waals surface area contributed by atoms with Crippen LogP contribution in [-0.4, -0.2) is 28.2 Å². The van der Waals surface area contributed by atoms with Crippen molar-refractivity contribution in [3.8, 4) is 10.6 Å². The minimum Gasteiger partial charge on any atom is -0.338 e. The molecule has 5 nitrogen and oxygen atoms in total. The van der Waals surface area contributed by atoms with Gasteiger partial charge in [0.1, 0.15) is 5.01 Å². The van der Waals surface area contributed by atoms with E-state index in [0.717, 1.165) is 39.4 Å². The molecule has 1 N–H and O–H groups in total. The molecule has 0 fully saturated rings. The Balaban J connectivity index is 1.23. The number of aromatic nitrogens is 1. The monoisotopic (exact) mass is 447 g/mol. The van der Waals surface area contributed by atoms with Crippen LogP contribution in [0.1, 0.15) is 23.3 Å². The predicted molar refractivity (Wildman–Crippen MR) is 126 cm³/mol. The number of rotatable bonds is 5. The summed E-state index contributed by atoms with van der Waals surface area (Å²) in [6.45, 7) is 1.38. The SMILES string of the molecule is O=C(CCC(=O)N1CCc2sccc2C1)Nc1ccccc1-c1nc2ccccc2s1. The molecule has 0 saturated carbocycles. The second-order valence-electron chi connectivity index (χ2n) is 7.51. The van der Waals surface area contributed by atoms with Gasteiger partial charge in [-0.3, -0.25) is 9.59 Å². The molecule has 3 heterocycles. The van der Waals surface area contributed by atoms with Crippen LogP contribution in [0.2, 0.25) is 0 Å². The number of anilines is 1. The van der Waals surface area contributed by atoms with Crippen LogP contribution in [0.5, 0.6) is 0 Å². The van der Waals surface area contributed by atoms with Crippen LogP contribution in [0.3, 0.4) is 0 Å². The molecule has 5 rings (SSSR count). The van der Waals surface area contributed by atoms with Gasteiger partial charge in [-0.05, 0) is 47.7 Å². The van der Waals surface area contributed by atoms with Crippen molar-refractivity contribution in [3.05, 3.63) is 70.4 Å². The number of amides is 2. The average molecular weight is 448 g/mol. The standard InChI is InChI=1S/C24H21N3O2S2/c28-22(9-10-23(29)27-13-11-20-16(15-27)12-14-30-20)25-18-6-2-1-5-17(18)24-26-19-7-3-4-8-21(19)31-24/h1-8,12,14H,9-11,13,15H2,(H,25,28). The Morgan fingerprint density at radius 3 is 2.77 bits per heavy atom. The molecule has 0 aliphatic carbocycles. The van der Waals surface area contributed by atoms with E-state index in [1.807, 2.05) is 53.4 Å². The zero-order chi connectivity index (χ0) is 21.2.